The highest BCUT2D eigenvalue weighted by Crippen LogP contribution is 2.34. The number of fused-ring (bicyclic) bond motifs is 1. The Balaban J connectivity index is 1.88. The van der Waals surface area contributed by atoms with Gasteiger partial charge in [-0.15, -0.1) is 0 Å². The molecule has 0 spiro atoms. The van der Waals surface area contributed by atoms with Gasteiger partial charge in [0, 0.05) is 6.20 Å². The summed E-state index contributed by atoms with van der Waals surface area (Å²) in [5, 5.41) is 16.5. The summed E-state index contributed by atoms with van der Waals surface area (Å²) in [6.45, 7) is 1.83. The molecule has 6 heteroatoms. The zero-order valence-corrected chi connectivity index (χ0v) is 12.5. The van der Waals surface area contributed by atoms with Gasteiger partial charge in [0.25, 0.3) is 5.91 Å². The average Bonchev–Trinajstić information content (AvgIpc) is 2.91. The van der Waals surface area contributed by atoms with Gasteiger partial charge in [-0.25, -0.2) is 4.52 Å². The first-order chi connectivity index (χ1) is 10.5. The number of aliphatic carboxylic acids is 1. The van der Waals surface area contributed by atoms with Crippen molar-refractivity contribution in [3.05, 3.63) is 36.2 Å². The van der Waals surface area contributed by atoms with Gasteiger partial charge in [0.1, 0.15) is 0 Å². The molecule has 3 rings (SSSR count). The number of nitrogens with one attached hydrogen (secondary N) is 1. The lowest BCUT2D eigenvalue weighted by molar-refractivity contribution is -0.145. The zero-order chi connectivity index (χ0) is 15.7. The van der Waals surface area contributed by atoms with Gasteiger partial charge < -0.3 is 10.4 Å². The van der Waals surface area contributed by atoms with Crippen molar-refractivity contribution in [3.63, 3.8) is 0 Å². The molecule has 22 heavy (non-hydrogen) atoms. The lowest BCUT2D eigenvalue weighted by Gasteiger charge is -2.39. The first kappa shape index (κ1) is 14.6. The quantitative estimate of drug-likeness (QED) is 0.909. The van der Waals surface area contributed by atoms with Crippen molar-refractivity contribution >= 4 is 17.4 Å². The number of nitrogens with zero attached hydrogens (tertiary/aromatic N) is 2. The number of aromatic nitrogens is 2. The van der Waals surface area contributed by atoms with Crippen molar-refractivity contribution in [2.75, 3.05) is 0 Å². The van der Waals surface area contributed by atoms with Crippen molar-refractivity contribution in [1.29, 1.82) is 0 Å². The molecule has 0 saturated heterocycles. The standard InChI is InChI=1S/C16H19N3O3/c1-16(8-4-2-6-12(16)15(21)22)18-14(20)11-10-17-19-9-5-3-7-13(11)19/h3,5,7,9-10,12H,2,4,6,8H2,1H3,(H,18,20)(H,21,22). The molecule has 0 aliphatic heterocycles. The summed E-state index contributed by atoms with van der Waals surface area (Å²) in [6, 6.07) is 5.50. The molecule has 116 valence electrons. The molecule has 2 heterocycles. The molecule has 1 amide bonds. The number of pyridine rings is 1. The molecule has 1 aliphatic carbocycles. The second-order valence-corrected chi connectivity index (χ2v) is 6.10. The average molecular weight is 301 g/mol. The summed E-state index contributed by atoms with van der Waals surface area (Å²) in [5.74, 6) is -1.66. The van der Waals surface area contributed by atoms with E-state index in [9.17, 15) is 14.7 Å². The van der Waals surface area contributed by atoms with Crippen molar-refractivity contribution < 1.29 is 14.7 Å². The van der Waals surface area contributed by atoms with Gasteiger partial charge in [-0.1, -0.05) is 18.9 Å². The number of rotatable bonds is 3. The summed E-state index contributed by atoms with van der Waals surface area (Å²) >= 11 is 0. The normalized spacial score (nSPS) is 25.0. The number of carbonyl (C=O) groups is 2. The molecule has 0 aromatic carbocycles. The lowest BCUT2D eigenvalue weighted by Crippen LogP contribution is -2.55. The number of carboxylic acids is 1. The van der Waals surface area contributed by atoms with E-state index in [4.69, 9.17) is 0 Å². The number of hydrogen-bond acceptors (Lipinski definition) is 3. The van der Waals surface area contributed by atoms with Crippen LogP contribution in [0, 0.1) is 5.92 Å². The third-order valence-electron chi connectivity index (χ3n) is 4.58. The Labute approximate surface area is 128 Å². The van der Waals surface area contributed by atoms with E-state index in [1.807, 2.05) is 25.1 Å². The molecule has 6 nitrogen and oxygen atoms in total. The van der Waals surface area contributed by atoms with E-state index in [2.05, 4.69) is 10.4 Å². The fourth-order valence-electron chi connectivity index (χ4n) is 3.32. The summed E-state index contributed by atoms with van der Waals surface area (Å²) in [7, 11) is 0. The Hall–Kier alpha value is -2.37. The number of carboxylic acid groups (broad SMARTS) is 1. The van der Waals surface area contributed by atoms with Crippen LogP contribution in [-0.4, -0.2) is 32.1 Å². The Bertz CT molecular complexity index is 724. The van der Waals surface area contributed by atoms with Gasteiger partial charge in [-0.05, 0) is 31.9 Å². The maximum atomic E-state index is 12.6. The van der Waals surface area contributed by atoms with E-state index >= 15 is 0 Å². The van der Waals surface area contributed by atoms with Crippen LogP contribution in [0.25, 0.3) is 5.52 Å². The van der Waals surface area contributed by atoms with Crippen LogP contribution < -0.4 is 5.32 Å². The molecule has 2 unspecified atom stereocenters. The third kappa shape index (κ3) is 2.45. The Morgan fingerprint density at radius 2 is 2.23 bits per heavy atom. The lowest BCUT2D eigenvalue weighted by atomic mass is 9.74. The van der Waals surface area contributed by atoms with Crippen molar-refractivity contribution in [2.24, 2.45) is 5.92 Å². The fraction of sp³-hybridized carbons (Fsp3) is 0.438. The molecule has 0 bridgehead atoms. The SMILES string of the molecule is CC1(NC(=O)c2cnn3ccccc23)CCCCC1C(=O)O. The van der Waals surface area contributed by atoms with E-state index in [0.717, 1.165) is 12.8 Å². The van der Waals surface area contributed by atoms with Crippen LogP contribution in [0.1, 0.15) is 43.0 Å². The summed E-state index contributed by atoms with van der Waals surface area (Å²) in [6.07, 6.45) is 6.38. The van der Waals surface area contributed by atoms with Gasteiger partial charge in [-0.3, -0.25) is 9.59 Å². The Morgan fingerprint density at radius 1 is 1.41 bits per heavy atom. The third-order valence-corrected chi connectivity index (χ3v) is 4.58. The van der Waals surface area contributed by atoms with Crippen molar-refractivity contribution in [3.8, 4) is 0 Å². The van der Waals surface area contributed by atoms with Gasteiger partial charge in [-0.2, -0.15) is 5.10 Å². The minimum absolute atomic E-state index is 0.267. The molecule has 0 radical (unpaired) electrons. The van der Waals surface area contributed by atoms with Crippen LogP contribution in [0.2, 0.25) is 0 Å². The Kier molecular flexibility index (Phi) is 3.60. The fourth-order valence-corrected chi connectivity index (χ4v) is 3.32. The van der Waals surface area contributed by atoms with Gasteiger partial charge in [0.05, 0.1) is 28.7 Å². The molecule has 2 aromatic rings. The van der Waals surface area contributed by atoms with E-state index in [-0.39, 0.29) is 5.91 Å². The highest BCUT2D eigenvalue weighted by Gasteiger charge is 2.42. The minimum atomic E-state index is -0.845. The van der Waals surface area contributed by atoms with E-state index in [1.54, 1.807) is 10.7 Å². The molecule has 1 saturated carbocycles. The molecule has 2 atom stereocenters. The maximum Gasteiger partial charge on any atom is 0.308 e. The number of amides is 1. The molecule has 1 fully saturated rings. The molecular formula is C16H19N3O3. The van der Waals surface area contributed by atoms with Crippen LogP contribution in [-0.2, 0) is 4.79 Å². The van der Waals surface area contributed by atoms with Crippen molar-refractivity contribution in [1.82, 2.24) is 14.9 Å². The summed E-state index contributed by atoms with van der Waals surface area (Å²) in [5.41, 5.74) is 0.465. The zero-order valence-electron chi connectivity index (χ0n) is 12.5. The number of hydrogen-bond donors (Lipinski definition) is 2. The predicted molar refractivity (Wildman–Crippen MR) is 80.7 cm³/mol. The van der Waals surface area contributed by atoms with Gasteiger partial charge in [0.2, 0.25) is 0 Å². The monoisotopic (exact) mass is 301 g/mol. The van der Waals surface area contributed by atoms with Gasteiger partial charge >= 0.3 is 5.97 Å². The van der Waals surface area contributed by atoms with Crippen LogP contribution >= 0.6 is 0 Å². The topological polar surface area (TPSA) is 83.7 Å². The second-order valence-electron chi connectivity index (χ2n) is 6.10. The minimum Gasteiger partial charge on any atom is -0.481 e. The van der Waals surface area contributed by atoms with E-state index in [1.165, 1.54) is 6.20 Å². The maximum absolute atomic E-state index is 12.6. The predicted octanol–water partition coefficient (Wildman–Crippen LogP) is 2.10. The Morgan fingerprint density at radius 3 is 3.00 bits per heavy atom. The molecule has 2 aromatic heterocycles. The smallest absolute Gasteiger partial charge is 0.308 e. The molecule has 2 N–H and O–H groups in total. The number of carbonyl (C=O) groups excluding carboxylic acids is 1. The first-order valence-electron chi connectivity index (χ1n) is 7.49. The van der Waals surface area contributed by atoms with Crippen LogP contribution in [0.4, 0.5) is 0 Å². The first-order valence-corrected chi connectivity index (χ1v) is 7.49. The second kappa shape index (κ2) is 5.44. The molecule has 1 aliphatic rings. The van der Waals surface area contributed by atoms with Gasteiger partial charge in [0.15, 0.2) is 0 Å². The molecular weight excluding hydrogens is 282 g/mol. The highest BCUT2D eigenvalue weighted by atomic mass is 16.4. The van der Waals surface area contributed by atoms with E-state index in [0.29, 0.717) is 23.9 Å². The van der Waals surface area contributed by atoms with E-state index < -0.39 is 17.4 Å². The van der Waals surface area contributed by atoms with Crippen molar-refractivity contribution in [2.45, 2.75) is 38.1 Å². The summed E-state index contributed by atoms with van der Waals surface area (Å²) in [4.78, 5) is 24.1. The highest BCUT2D eigenvalue weighted by molar-refractivity contribution is 6.01. The largest absolute Gasteiger partial charge is 0.481 e. The van der Waals surface area contributed by atoms with Crippen LogP contribution in [0.15, 0.2) is 30.6 Å². The van der Waals surface area contributed by atoms with Crippen LogP contribution in [0.5, 0.6) is 0 Å². The van der Waals surface area contributed by atoms with Crippen LogP contribution in [0.3, 0.4) is 0 Å². The summed E-state index contributed by atoms with van der Waals surface area (Å²) < 4.78 is 1.63.